The van der Waals surface area contributed by atoms with E-state index in [4.69, 9.17) is 9.47 Å². The fraction of sp³-hybridized carbons (Fsp3) is 0.571. The fourth-order valence-corrected chi connectivity index (χ4v) is 4.54. The monoisotopic (exact) mass is 299 g/mol. The van der Waals surface area contributed by atoms with Crippen molar-refractivity contribution in [3.05, 3.63) is 23.8 Å². The number of hydrogen-bond acceptors (Lipinski definition) is 4. The second-order valence-electron chi connectivity index (χ2n) is 5.66. The highest BCUT2D eigenvalue weighted by Crippen LogP contribution is 2.34. The summed E-state index contributed by atoms with van der Waals surface area (Å²) in [4.78, 5) is 0.265. The molecule has 0 aromatic heterocycles. The van der Waals surface area contributed by atoms with E-state index < -0.39 is 21.8 Å². The molecule has 1 aliphatic rings. The molecule has 0 amide bonds. The van der Waals surface area contributed by atoms with Crippen LogP contribution in [-0.2, 0) is 14.8 Å². The van der Waals surface area contributed by atoms with Crippen molar-refractivity contribution in [2.75, 3.05) is 13.7 Å². The topological polar surface area (TPSA) is 55.8 Å². The summed E-state index contributed by atoms with van der Waals surface area (Å²) in [6.45, 7) is 7.70. The van der Waals surface area contributed by atoms with Gasteiger partial charge in [0, 0.05) is 0 Å². The minimum absolute atomic E-state index is 0.265. The molecule has 20 heavy (non-hydrogen) atoms. The summed E-state index contributed by atoms with van der Waals surface area (Å²) < 4.78 is 37.7. The van der Waals surface area contributed by atoms with Gasteiger partial charge in [-0.05, 0) is 51.5 Å². The van der Waals surface area contributed by atoms with E-state index in [0.717, 1.165) is 5.56 Å². The Kier molecular flexibility index (Phi) is 3.83. The number of hydrogen-bond donors (Lipinski definition) is 0. The number of sulfonamides is 1. The average Bonchev–Trinajstić information content (AvgIpc) is 2.63. The van der Waals surface area contributed by atoms with Gasteiger partial charge in [-0.15, -0.1) is 0 Å². The Labute approximate surface area is 120 Å². The fourth-order valence-electron chi connectivity index (χ4n) is 2.59. The number of benzene rings is 1. The van der Waals surface area contributed by atoms with Crippen molar-refractivity contribution < 1.29 is 17.9 Å². The number of nitrogens with zero attached hydrogens (tertiary/aromatic N) is 1. The first-order valence-corrected chi connectivity index (χ1v) is 7.95. The highest BCUT2D eigenvalue weighted by molar-refractivity contribution is 7.89. The minimum atomic E-state index is -3.59. The zero-order valence-electron chi connectivity index (χ0n) is 12.5. The van der Waals surface area contributed by atoms with Crippen LogP contribution in [0.2, 0.25) is 0 Å². The van der Waals surface area contributed by atoms with E-state index in [-0.39, 0.29) is 4.90 Å². The number of rotatable bonds is 3. The third-order valence-electron chi connectivity index (χ3n) is 3.53. The molecule has 0 saturated carbocycles. The maximum Gasteiger partial charge on any atom is 0.245 e. The van der Waals surface area contributed by atoms with E-state index >= 15 is 0 Å². The second kappa shape index (κ2) is 5.02. The maximum atomic E-state index is 12.8. The lowest BCUT2D eigenvalue weighted by atomic mass is 10.1. The summed E-state index contributed by atoms with van der Waals surface area (Å²) in [6.07, 6.45) is -0.461. The van der Waals surface area contributed by atoms with E-state index in [9.17, 15) is 8.42 Å². The summed E-state index contributed by atoms with van der Waals surface area (Å²) in [6, 6.07) is 4.88. The Bertz CT molecular complexity index is 610. The summed E-state index contributed by atoms with van der Waals surface area (Å²) in [7, 11) is -2.02. The SMILES string of the molecule is COc1ccc(S(=O)(=O)N2C(C)OCC2(C)C)cc1C. The van der Waals surface area contributed by atoms with Crippen LogP contribution in [0.1, 0.15) is 26.3 Å². The molecule has 2 rings (SSSR count). The largest absolute Gasteiger partial charge is 0.496 e. The molecule has 0 bridgehead atoms. The van der Waals surface area contributed by atoms with Gasteiger partial charge >= 0.3 is 0 Å². The van der Waals surface area contributed by atoms with Gasteiger partial charge < -0.3 is 9.47 Å². The Morgan fingerprint density at radius 2 is 2.05 bits per heavy atom. The van der Waals surface area contributed by atoms with Gasteiger partial charge in [0.25, 0.3) is 0 Å². The van der Waals surface area contributed by atoms with Gasteiger partial charge in [0.15, 0.2) is 0 Å². The summed E-state index contributed by atoms with van der Waals surface area (Å²) >= 11 is 0. The van der Waals surface area contributed by atoms with Crippen LogP contribution in [0.15, 0.2) is 23.1 Å². The Balaban J connectivity index is 2.48. The predicted molar refractivity (Wildman–Crippen MR) is 76.2 cm³/mol. The maximum absolute atomic E-state index is 12.8. The number of ether oxygens (including phenoxy) is 2. The van der Waals surface area contributed by atoms with Crippen LogP contribution in [0.4, 0.5) is 0 Å². The minimum Gasteiger partial charge on any atom is -0.496 e. The van der Waals surface area contributed by atoms with Crippen LogP contribution in [-0.4, -0.2) is 38.2 Å². The normalized spacial score (nSPS) is 22.9. The molecule has 0 spiro atoms. The van der Waals surface area contributed by atoms with Crippen LogP contribution in [0.3, 0.4) is 0 Å². The Hall–Kier alpha value is -1.11. The molecule has 6 heteroatoms. The standard InChI is InChI=1S/C14H21NO4S/c1-10-8-12(6-7-13(10)18-5)20(16,17)15-11(2)19-9-14(15,3)4/h6-8,11H,9H2,1-5H3. The first-order valence-electron chi connectivity index (χ1n) is 6.51. The third-order valence-corrected chi connectivity index (χ3v) is 5.69. The van der Waals surface area contributed by atoms with E-state index in [2.05, 4.69) is 0 Å². The molecule has 0 N–H and O–H groups in total. The Morgan fingerprint density at radius 1 is 1.40 bits per heavy atom. The zero-order chi connectivity index (χ0) is 15.1. The molecule has 1 aromatic rings. The van der Waals surface area contributed by atoms with Crippen LogP contribution in [0.25, 0.3) is 0 Å². The smallest absolute Gasteiger partial charge is 0.245 e. The van der Waals surface area contributed by atoms with Crippen LogP contribution >= 0.6 is 0 Å². The quantitative estimate of drug-likeness (QED) is 0.858. The van der Waals surface area contributed by atoms with E-state index in [0.29, 0.717) is 12.4 Å². The van der Waals surface area contributed by atoms with Gasteiger partial charge in [-0.3, -0.25) is 0 Å². The molecule has 5 nitrogen and oxygen atoms in total. The average molecular weight is 299 g/mol. The summed E-state index contributed by atoms with van der Waals surface area (Å²) in [5.74, 6) is 0.675. The zero-order valence-corrected chi connectivity index (χ0v) is 13.3. The van der Waals surface area contributed by atoms with Crippen LogP contribution < -0.4 is 4.74 Å². The molecule has 0 aliphatic carbocycles. The summed E-state index contributed by atoms with van der Waals surface area (Å²) in [5, 5.41) is 0. The molecule has 1 atom stereocenters. The van der Waals surface area contributed by atoms with Crippen molar-refractivity contribution in [1.82, 2.24) is 4.31 Å². The first-order chi connectivity index (χ1) is 9.20. The molecular weight excluding hydrogens is 278 g/mol. The number of methoxy groups -OCH3 is 1. The molecule has 1 aliphatic heterocycles. The van der Waals surface area contributed by atoms with Crippen molar-refractivity contribution in [3.8, 4) is 5.75 Å². The molecule has 1 unspecified atom stereocenters. The van der Waals surface area contributed by atoms with Crippen molar-refractivity contribution in [2.45, 2.75) is 44.4 Å². The van der Waals surface area contributed by atoms with Crippen LogP contribution in [0, 0.1) is 6.92 Å². The summed E-state index contributed by atoms with van der Waals surface area (Å²) in [5.41, 5.74) is 0.241. The van der Waals surface area contributed by atoms with Gasteiger partial charge in [0.05, 0.1) is 24.2 Å². The molecule has 1 aromatic carbocycles. The van der Waals surface area contributed by atoms with Crippen LogP contribution in [0.5, 0.6) is 5.75 Å². The van der Waals surface area contributed by atoms with E-state index in [1.165, 1.54) is 4.31 Å². The van der Waals surface area contributed by atoms with E-state index in [1.54, 1.807) is 32.2 Å². The second-order valence-corrected chi connectivity index (χ2v) is 7.47. The van der Waals surface area contributed by atoms with Gasteiger partial charge in [-0.1, -0.05) is 0 Å². The van der Waals surface area contributed by atoms with Crippen molar-refractivity contribution in [2.24, 2.45) is 0 Å². The number of aryl methyl sites for hydroxylation is 1. The molecule has 1 fully saturated rings. The van der Waals surface area contributed by atoms with E-state index in [1.807, 2.05) is 20.8 Å². The molecule has 1 heterocycles. The molecular formula is C14H21NO4S. The highest BCUT2D eigenvalue weighted by atomic mass is 32.2. The molecule has 112 valence electrons. The highest BCUT2D eigenvalue weighted by Gasteiger charge is 2.46. The lowest BCUT2D eigenvalue weighted by Gasteiger charge is -2.31. The molecule has 0 radical (unpaired) electrons. The van der Waals surface area contributed by atoms with Gasteiger partial charge in [-0.25, -0.2) is 8.42 Å². The third kappa shape index (κ3) is 2.43. The first kappa shape index (κ1) is 15.3. The van der Waals surface area contributed by atoms with Gasteiger partial charge in [-0.2, -0.15) is 4.31 Å². The van der Waals surface area contributed by atoms with Gasteiger partial charge in [0.2, 0.25) is 10.0 Å². The van der Waals surface area contributed by atoms with Crippen molar-refractivity contribution >= 4 is 10.0 Å². The predicted octanol–water partition coefficient (Wildman–Crippen LogP) is 2.15. The Morgan fingerprint density at radius 3 is 2.50 bits per heavy atom. The van der Waals surface area contributed by atoms with Crippen molar-refractivity contribution in [3.63, 3.8) is 0 Å². The van der Waals surface area contributed by atoms with Crippen molar-refractivity contribution in [1.29, 1.82) is 0 Å². The molecule has 1 saturated heterocycles. The lowest BCUT2D eigenvalue weighted by molar-refractivity contribution is 0.0843. The van der Waals surface area contributed by atoms with Gasteiger partial charge in [0.1, 0.15) is 12.0 Å². The lowest BCUT2D eigenvalue weighted by Crippen LogP contribution is -2.47.